The van der Waals surface area contributed by atoms with Crippen molar-refractivity contribution in [3.8, 4) is 0 Å². The van der Waals surface area contributed by atoms with Gasteiger partial charge in [-0.3, -0.25) is 13.9 Å². The predicted octanol–water partition coefficient (Wildman–Crippen LogP) is 5.27. The van der Waals surface area contributed by atoms with Gasteiger partial charge in [0.05, 0.1) is 10.6 Å². The van der Waals surface area contributed by atoms with E-state index in [0.29, 0.717) is 17.8 Å². The topological polar surface area (TPSA) is 86.8 Å². The van der Waals surface area contributed by atoms with Crippen molar-refractivity contribution in [2.24, 2.45) is 0 Å². The van der Waals surface area contributed by atoms with Crippen LogP contribution in [0.25, 0.3) is 0 Å². The highest BCUT2D eigenvalue weighted by Gasteiger charge is 2.34. The van der Waals surface area contributed by atoms with E-state index < -0.39 is 28.5 Å². The van der Waals surface area contributed by atoms with Gasteiger partial charge in [0.2, 0.25) is 11.8 Å². The summed E-state index contributed by atoms with van der Waals surface area (Å²) in [6.45, 7) is 5.59. The molecule has 0 saturated heterocycles. The second kappa shape index (κ2) is 14.0. The number of sulfonamides is 1. The van der Waals surface area contributed by atoms with Gasteiger partial charge in [-0.1, -0.05) is 96.6 Å². The predicted molar refractivity (Wildman–Crippen MR) is 166 cm³/mol. The number of anilines is 1. The first-order valence-corrected chi connectivity index (χ1v) is 15.4. The molecule has 4 aromatic rings. The van der Waals surface area contributed by atoms with E-state index in [4.69, 9.17) is 0 Å². The molecule has 0 fully saturated rings. The number of likely N-dealkylation sites (N-methyl/N-ethyl adjacent to an activating group) is 1. The van der Waals surface area contributed by atoms with Crippen molar-refractivity contribution in [2.45, 2.75) is 44.7 Å². The van der Waals surface area contributed by atoms with Gasteiger partial charge in [0, 0.05) is 19.5 Å². The Morgan fingerprint density at radius 3 is 1.93 bits per heavy atom. The van der Waals surface area contributed by atoms with Crippen molar-refractivity contribution in [3.63, 3.8) is 0 Å². The molecule has 7 nitrogen and oxygen atoms in total. The molecule has 1 N–H and O–H groups in total. The maximum atomic E-state index is 14.4. The van der Waals surface area contributed by atoms with Crippen LogP contribution in [0.1, 0.15) is 29.2 Å². The van der Waals surface area contributed by atoms with E-state index in [1.807, 2.05) is 93.6 Å². The average molecular weight is 584 g/mol. The molecule has 8 heteroatoms. The van der Waals surface area contributed by atoms with E-state index in [0.717, 1.165) is 21.0 Å². The molecule has 4 rings (SSSR count). The van der Waals surface area contributed by atoms with Crippen molar-refractivity contribution in [1.29, 1.82) is 0 Å². The summed E-state index contributed by atoms with van der Waals surface area (Å²) in [7, 11) is -4.12. The zero-order valence-corrected chi connectivity index (χ0v) is 25.1. The van der Waals surface area contributed by atoms with Crippen molar-refractivity contribution in [2.75, 3.05) is 17.4 Å². The minimum atomic E-state index is -4.12. The molecule has 0 aliphatic carbocycles. The van der Waals surface area contributed by atoms with Gasteiger partial charge in [-0.25, -0.2) is 8.42 Å². The van der Waals surface area contributed by atoms with Crippen LogP contribution in [-0.2, 0) is 32.6 Å². The third kappa shape index (κ3) is 7.44. The van der Waals surface area contributed by atoms with Crippen LogP contribution in [0, 0.1) is 13.8 Å². The molecule has 0 bridgehead atoms. The van der Waals surface area contributed by atoms with Crippen LogP contribution in [0.4, 0.5) is 5.69 Å². The number of nitrogens with zero attached hydrogens (tertiary/aromatic N) is 2. The van der Waals surface area contributed by atoms with E-state index in [1.165, 1.54) is 4.90 Å². The quantitative estimate of drug-likeness (QED) is 0.246. The molecule has 2 amide bonds. The Morgan fingerprint density at radius 1 is 0.762 bits per heavy atom. The van der Waals surface area contributed by atoms with Crippen LogP contribution >= 0.6 is 0 Å². The fraction of sp³-hybridized carbons (Fsp3) is 0.235. The van der Waals surface area contributed by atoms with Gasteiger partial charge < -0.3 is 10.2 Å². The van der Waals surface area contributed by atoms with Crippen LogP contribution < -0.4 is 9.62 Å². The lowest BCUT2D eigenvalue weighted by Gasteiger charge is -2.34. The summed E-state index contributed by atoms with van der Waals surface area (Å²) in [5.41, 5.74) is 3.76. The van der Waals surface area contributed by atoms with Crippen molar-refractivity contribution >= 4 is 27.5 Å². The van der Waals surface area contributed by atoms with Gasteiger partial charge in [0.15, 0.2) is 0 Å². The van der Waals surface area contributed by atoms with E-state index in [9.17, 15) is 18.0 Å². The van der Waals surface area contributed by atoms with Gasteiger partial charge in [0.1, 0.15) is 12.6 Å². The fourth-order valence-electron chi connectivity index (χ4n) is 4.82. The maximum Gasteiger partial charge on any atom is 0.264 e. The molecule has 0 saturated carbocycles. The number of para-hydroxylation sites is 1. The molecule has 42 heavy (non-hydrogen) atoms. The average Bonchev–Trinajstić information content (AvgIpc) is 2.99. The number of nitrogens with one attached hydrogen (secondary N) is 1. The zero-order valence-electron chi connectivity index (χ0n) is 24.2. The van der Waals surface area contributed by atoms with Crippen molar-refractivity contribution in [1.82, 2.24) is 10.2 Å². The van der Waals surface area contributed by atoms with Crippen molar-refractivity contribution in [3.05, 3.63) is 131 Å². The van der Waals surface area contributed by atoms with Gasteiger partial charge in [-0.05, 0) is 55.7 Å². The molecule has 0 aliphatic heterocycles. The Bertz CT molecular complexity index is 1590. The Balaban J connectivity index is 1.79. The zero-order chi connectivity index (χ0) is 30.1. The first-order valence-electron chi connectivity index (χ1n) is 14.0. The highest BCUT2D eigenvalue weighted by Crippen LogP contribution is 2.28. The Kier molecular flexibility index (Phi) is 10.1. The maximum absolute atomic E-state index is 14.4. The van der Waals surface area contributed by atoms with E-state index in [1.54, 1.807) is 36.4 Å². The number of benzene rings is 4. The molecular weight excluding hydrogens is 546 g/mol. The molecule has 0 heterocycles. The van der Waals surface area contributed by atoms with E-state index >= 15 is 0 Å². The SMILES string of the molecule is CCNC(=O)[C@H](Cc1ccccc1)N(Cc1ccccc1)C(=O)CN(c1ccccc1C)S(=O)(=O)c1ccc(C)cc1. The first kappa shape index (κ1) is 30.5. The molecule has 1 atom stereocenters. The summed E-state index contributed by atoms with van der Waals surface area (Å²) in [5, 5.41) is 2.88. The van der Waals surface area contributed by atoms with E-state index in [-0.39, 0.29) is 23.8 Å². The molecule has 0 aromatic heterocycles. The van der Waals surface area contributed by atoms with Gasteiger partial charge >= 0.3 is 0 Å². The number of hydrogen-bond donors (Lipinski definition) is 1. The minimum absolute atomic E-state index is 0.0864. The van der Waals surface area contributed by atoms with Crippen LogP contribution in [0.15, 0.2) is 114 Å². The molecule has 0 aliphatic rings. The standard InChI is InChI=1S/C34H37N3O4S/c1-4-35-34(39)32(23-28-14-7-5-8-15-28)36(24-29-16-9-6-10-17-29)33(38)25-37(31-18-12-11-13-27(31)3)42(40,41)30-21-19-26(2)20-22-30/h5-22,32H,4,23-25H2,1-3H3,(H,35,39)/t32-/m0/s1. The molecule has 0 spiro atoms. The highest BCUT2D eigenvalue weighted by atomic mass is 32.2. The van der Waals surface area contributed by atoms with Crippen LogP contribution in [-0.4, -0.2) is 44.3 Å². The Hall–Kier alpha value is -4.43. The number of aryl methyl sites for hydroxylation is 2. The third-order valence-corrected chi connectivity index (χ3v) is 8.86. The summed E-state index contributed by atoms with van der Waals surface area (Å²) in [6.07, 6.45) is 0.278. The summed E-state index contributed by atoms with van der Waals surface area (Å²) in [5.74, 6) is -0.778. The van der Waals surface area contributed by atoms with Gasteiger partial charge in [0.25, 0.3) is 10.0 Å². The van der Waals surface area contributed by atoms with Crippen molar-refractivity contribution < 1.29 is 18.0 Å². The minimum Gasteiger partial charge on any atom is -0.355 e. The first-order chi connectivity index (χ1) is 20.2. The lowest BCUT2D eigenvalue weighted by atomic mass is 10.0. The van der Waals surface area contributed by atoms with E-state index in [2.05, 4.69) is 5.32 Å². The van der Waals surface area contributed by atoms with Crippen LogP contribution in [0.3, 0.4) is 0 Å². The molecule has 0 radical (unpaired) electrons. The highest BCUT2D eigenvalue weighted by molar-refractivity contribution is 7.92. The largest absolute Gasteiger partial charge is 0.355 e. The number of carbonyl (C=O) groups excluding carboxylic acids is 2. The second-order valence-corrected chi connectivity index (χ2v) is 12.1. The normalized spacial score (nSPS) is 11.9. The summed E-state index contributed by atoms with van der Waals surface area (Å²) in [4.78, 5) is 29.5. The number of hydrogen-bond acceptors (Lipinski definition) is 4. The third-order valence-electron chi connectivity index (χ3n) is 7.09. The molecule has 0 unspecified atom stereocenters. The smallest absolute Gasteiger partial charge is 0.264 e. The number of carbonyl (C=O) groups is 2. The molecular formula is C34H37N3O4S. The molecule has 4 aromatic carbocycles. The summed E-state index contributed by atoms with van der Waals surface area (Å²) >= 11 is 0. The number of amides is 2. The Morgan fingerprint density at radius 2 is 1.33 bits per heavy atom. The summed E-state index contributed by atoms with van der Waals surface area (Å²) in [6, 6.07) is 31.7. The van der Waals surface area contributed by atoms with Crippen LogP contribution in [0.5, 0.6) is 0 Å². The number of rotatable bonds is 12. The molecule has 218 valence electrons. The summed E-state index contributed by atoms with van der Waals surface area (Å²) < 4.78 is 29.3. The second-order valence-electron chi connectivity index (χ2n) is 10.2. The lowest BCUT2D eigenvalue weighted by Crippen LogP contribution is -2.53. The Labute approximate surface area is 248 Å². The van der Waals surface area contributed by atoms with Crippen LogP contribution in [0.2, 0.25) is 0 Å². The fourth-order valence-corrected chi connectivity index (χ4v) is 6.30. The van der Waals surface area contributed by atoms with Gasteiger partial charge in [-0.2, -0.15) is 0 Å². The monoisotopic (exact) mass is 583 g/mol. The lowest BCUT2D eigenvalue weighted by molar-refractivity contribution is -0.140. The van der Waals surface area contributed by atoms with Gasteiger partial charge in [-0.15, -0.1) is 0 Å².